The van der Waals surface area contributed by atoms with Gasteiger partial charge in [0.15, 0.2) is 0 Å². The maximum Gasteiger partial charge on any atom is 0.319 e. The molecule has 2 aliphatic rings. The molecule has 3 rings (SSSR count). The third kappa shape index (κ3) is 5.31. The van der Waals surface area contributed by atoms with Gasteiger partial charge in [0.05, 0.1) is 11.9 Å². The van der Waals surface area contributed by atoms with E-state index in [4.69, 9.17) is 0 Å². The fourth-order valence-electron chi connectivity index (χ4n) is 3.43. The number of rotatable bonds is 6. The molecule has 3 heterocycles. The van der Waals surface area contributed by atoms with E-state index in [1.54, 1.807) is 6.20 Å². The van der Waals surface area contributed by atoms with Gasteiger partial charge in [-0.3, -0.25) is 4.90 Å². The molecule has 2 fully saturated rings. The summed E-state index contributed by atoms with van der Waals surface area (Å²) < 4.78 is 0. The van der Waals surface area contributed by atoms with Gasteiger partial charge < -0.3 is 20.4 Å². The van der Waals surface area contributed by atoms with Gasteiger partial charge in [0.1, 0.15) is 5.82 Å². The molecule has 2 N–H and O–H groups in total. The molecule has 2 saturated heterocycles. The maximum absolute atomic E-state index is 12.0. The largest absolute Gasteiger partial charge is 0.357 e. The van der Waals surface area contributed by atoms with Crippen LogP contribution in [-0.4, -0.2) is 79.7 Å². The summed E-state index contributed by atoms with van der Waals surface area (Å²) >= 11 is 0. The molecule has 138 valence electrons. The van der Waals surface area contributed by atoms with Crippen molar-refractivity contribution in [2.75, 3.05) is 69.1 Å². The van der Waals surface area contributed by atoms with E-state index in [1.165, 1.54) is 12.8 Å². The zero-order valence-electron chi connectivity index (χ0n) is 15.2. The van der Waals surface area contributed by atoms with E-state index in [0.29, 0.717) is 6.54 Å². The molecule has 0 atom stereocenters. The molecule has 25 heavy (non-hydrogen) atoms. The van der Waals surface area contributed by atoms with Crippen LogP contribution in [-0.2, 0) is 0 Å². The lowest BCUT2D eigenvalue weighted by molar-refractivity contribution is 0.138. The minimum atomic E-state index is -0.164. The zero-order valence-corrected chi connectivity index (χ0v) is 15.2. The minimum Gasteiger partial charge on any atom is -0.357 e. The van der Waals surface area contributed by atoms with E-state index in [2.05, 4.69) is 37.2 Å². The van der Waals surface area contributed by atoms with E-state index >= 15 is 0 Å². The number of carbonyl (C=O) groups excluding carboxylic acids is 1. The highest BCUT2D eigenvalue weighted by molar-refractivity contribution is 5.89. The van der Waals surface area contributed by atoms with Crippen molar-refractivity contribution in [3.05, 3.63) is 18.3 Å². The Labute approximate surface area is 150 Å². The van der Waals surface area contributed by atoms with Gasteiger partial charge in [0.2, 0.25) is 0 Å². The first-order valence-electron chi connectivity index (χ1n) is 9.45. The summed E-state index contributed by atoms with van der Waals surface area (Å²) in [6.45, 7) is 11.5. The van der Waals surface area contributed by atoms with Gasteiger partial charge in [0.25, 0.3) is 0 Å². The first kappa shape index (κ1) is 17.9. The molecule has 0 bridgehead atoms. The van der Waals surface area contributed by atoms with E-state index in [0.717, 1.165) is 63.9 Å². The van der Waals surface area contributed by atoms with E-state index in [1.807, 2.05) is 12.1 Å². The number of pyridine rings is 1. The molecular weight excluding hydrogens is 316 g/mol. The molecule has 2 aliphatic heterocycles. The number of carbonyl (C=O) groups is 1. The Hall–Kier alpha value is -1.86. The molecule has 2 amide bonds. The van der Waals surface area contributed by atoms with Crippen LogP contribution >= 0.6 is 0 Å². The number of urea groups is 1. The second kappa shape index (κ2) is 9.01. The quantitative estimate of drug-likeness (QED) is 0.816. The molecule has 0 aliphatic carbocycles. The van der Waals surface area contributed by atoms with Crippen molar-refractivity contribution in [3.8, 4) is 0 Å². The monoisotopic (exact) mass is 346 g/mol. The molecule has 0 radical (unpaired) electrons. The third-order valence-corrected chi connectivity index (χ3v) is 5.06. The van der Waals surface area contributed by atoms with Crippen molar-refractivity contribution in [2.45, 2.75) is 19.8 Å². The van der Waals surface area contributed by atoms with Crippen molar-refractivity contribution in [3.63, 3.8) is 0 Å². The number of piperazine rings is 1. The highest BCUT2D eigenvalue weighted by Gasteiger charge is 2.15. The Kier molecular flexibility index (Phi) is 6.47. The topological polar surface area (TPSA) is 63.7 Å². The number of nitrogens with zero attached hydrogens (tertiary/aromatic N) is 4. The van der Waals surface area contributed by atoms with Crippen molar-refractivity contribution >= 4 is 17.5 Å². The molecule has 1 aromatic heterocycles. The van der Waals surface area contributed by atoms with Crippen LogP contribution < -0.4 is 15.5 Å². The molecule has 0 saturated carbocycles. The van der Waals surface area contributed by atoms with Crippen LogP contribution in [0.2, 0.25) is 0 Å². The maximum atomic E-state index is 12.0. The Morgan fingerprint density at radius 3 is 2.44 bits per heavy atom. The van der Waals surface area contributed by atoms with E-state index in [-0.39, 0.29) is 6.03 Å². The summed E-state index contributed by atoms with van der Waals surface area (Å²) in [5.74, 6) is 0.995. The van der Waals surface area contributed by atoms with Crippen molar-refractivity contribution in [2.24, 2.45) is 0 Å². The lowest BCUT2D eigenvalue weighted by atomic mass is 10.3. The van der Waals surface area contributed by atoms with Gasteiger partial charge in [-0.05, 0) is 31.5 Å². The third-order valence-electron chi connectivity index (χ3n) is 5.06. The number of hydrogen-bond acceptors (Lipinski definition) is 5. The van der Waals surface area contributed by atoms with Gasteiger partial charge in [-0.2, -0.15) is 0 Å². The molecule has 0 spiro atoms. The average Bonchev–Trinajstić information content (AvgIpc) is 3.18. The zero-order chi connectivity index (χ0) is 17.5. The van der Waals surface area contributed by atoms with Crippen LogP contribution in [0.5, 0.6) is 0 Å². The van der Waals surface area contributed by atoms with Crippen molar-refractivity contribution < 1.29 is 4.79 Å². The van der Waals surface area contributed by atoms with Crippen molar-refractivity contribution in [1.29, 1.82) is 0 Å². The minimum absolute atomic E-state index is 0.164. The number of anilines is 2. The van der Waals surface area contributed by atoms with E-state index < -0.39 is 0 Å². The van der Waals surface area contributed by atoms with E-state index in [9.17, 15) is 4.79 Å². The van der Waals surface area contributed by atoms with Crippen LogP contribution in [0.15, 0.2) is 18.3 Å². The number of nitrogens with one attached hydrogen (secondary N) is 2. The number of aromatic nitrogens is 1. The summed E-state index contributed by atoms with van der Waals surface area (Å²) in [6, 6.07) is 3.74. The van der Waals surface area contributed by atoms with Crippen LogP contribution in [0, 0.1) is 0 Å². The highest BCUT2D eigenvalue weighted by atomic mass is 16.2. The number of amides is 2. The molecule has 0 unspecified atom stereocenters. The van der Waals surface area contributed by atoms with Crippen LogP contribution in [0.25, 0.3) is 0 Å². The Morgan fingerprint density at radius 2 is 1.80 bits per heavy atom. The van der Waals surface area contributed by atoms with Crippen LogP contribution in [0.3, 0.4) is 0 Å². The molecule has 0 aromatic carbocycles. The lowest BCUT2D eigenvalue weighted by Gasteiger charge is -2.33. The standard InChI is InChI=1S/C18H30N6O/c1-2-22-11-13-23(14-12-22)10-7-19-18(25)21-16-5-6-17(20-15-16)24-8-3-4-9-24/h5-6,15H,2-4,7-14H2,1H3,(H2,19,21,25). The predicted octanol–water partition coefficient (Wildman–Crippen LogP) is 1.44. The van der Waals surface area contributed by atoms with Gasteiger partial charge in [0, 0.05) is 52.4 Å². The predicted molar refractivity (Wildman–Crippen MR) is 101 cm³/mol. The average molecular weight is 346 g/mol. The van der Waals surface area contributed by atoms with Gasteiger partial charge in [-0.1, -0.05) is 6.92 Å². The summed E-state index contributed by atoms with van der Waals surface area (Å²) in [6.07, 6.45) is 4.20. The Morgan fingerprint density at radius 1 is 1.08 bits per heavy atom. The van der Waals surface area contributed by atoms with Gasteiger partial charge in [-0.15, -0.1) is 0 Å². The summed E-state index contributed by atoms with van der Waals surface area (Å²) in [7, 11) is 0. The van der Waals surface area contributed by atoms with Crippen LogP contribution in [0.1, 0.15) is 19.8 Å². The summed E-state index contributed by atoms with van der Waals surface area (Å²) in [5, 5.41) is 5.79. The highest BCUT2D eigenvalue weighted by Crippen LogP contribution is 2.18. The second-order valence-corrected chi connectivity index (χ2v) is 6.76. The second-order valence-electron chi connectivity index (χ2n) is 6.76. The number of hydrogen-bond donors (Lipinski definition) is 2. The fourth-order valence-corrected chi connectivity index (χ4v) is 3.43. The molecule has 1 aromatic rings. The summed E-state index contributed by atoms with van der Waals surface area (Å²) in [4.78, 5) is 23.6. The van der Waals surface area contributed by atoms with Gasteiger partial charge in [-0.25, -0.2) is 9.78 Å². The Bertz CT molecular complexity index is 535. The first-order valence-corrected chi connectivity index (χ1v) is 9.45. The Balaban J connectivity index is 1.35. The lowest BCUT2D eigenvalue weighted by Crippen LogP contribution is -2.48. The smallest absolute Gasteiger partial charge is 0.319 e. The first-order chi connectivity index (χ1) is 12.2. The van der Waals surface area contributed by atoms with Gasteiger partial charge >= 0.3 is 6.03 Å². The molecule has 7 heteroatoms. The van der Waals surface area contributed by atoms with Crippen molar-refractivity contribution in [1.82, 2.24) is 20.1 Å². The molecule has 7 nitrogen and oxygen atoms in total. The van der Waals surface area contributed by atoms with Crippen LogP contribution in [0.4, 0.5) is 16.3 Å². The normalized spacial score (nSPS) is 19.2. The fraction of sp³-hybridized carbons (Fsp3) is 0.667. The number of likely N-dealkylation sites (N-methyl/N-ethyl adjacent to an activating group) is 1. The summed E-state index contributed by atoms with van der Waals surface area (Å²) in [5.41, 5.74) is 0.733. The molecular formula is C18H30N6O. The SMILES string of the molecule is CCN1CCN(CCNC(=O)Nc2ccc(N3CCCC3)nc2)CC1.